The molecule has 0 spiro atoms. The van der Waals surface area contributed by atoms with E-state index in [2.05, 4.69) is 25.6 Å². The summed E-state index contributed by atoms with van der Waals surface area (Å²) < 4.78 is 0. The maximum atomic E-state index is 12.0. The van der Waals surface area contributed by atoms with Crippen molar-refractivity contribution >= 4 is 11.7 Å². The summed E-state index contributed by atoms with van der Waals surface area (Å²) in [5.74, 6) is 1.27. The third-order valence-corrected chi connectivity index (χ3v) is 3.53. The number of pyridine rings is 1. The molecule has 6 heteroatoms. The van der Waals surface area contributed by atoms with Crippen LogP contribution in [-0.4, -0.2) is 33.9 Å². The molecule has 0 aliphatic heterocycles. The molecule has 6 nitrogen and oxygen atoms in total. The number of aromatic nitrogens is 3. The fourth-order valence-corrected chi connectivity index (χ4v) is 2.21. The third-order valence-electron chi connectivity index (χ3n) is 3.53. The predicted molar refractivity (Wildman–Crippen MR) is 91.0 cm³/mol. The van der Waals surface area contributed by atoms with Crippen molar-refractivity contribution in [3.05, 3.63) is 36.2 Å². The second kappa shape index (κ2) is 7.67. The summed E-state index contributed by atoms with van der Waals surface area (Å²) in [6, 6.07) is 7.16. The Labute approximate surface area is 136 Å². The highest BCUT2D eigenvalue weighted by atomic mass is 16.2. The van der Waals surface area contributed by atoms with Crippen LogP contribution in [0.1, 0.15) is 26.5 Å². The van der Waals surface area contributed by atoms with Gasteiger partial charge in [-0.15, -0.1) is 0 Å². The highest BCUT2D eigenvalue weighted by Crippen LogP contribution is 2.18. The monoisotopic (exact) mass is 313 g/mol. The van der Waals surface area contributed by atoms with Gasteiger partial charge in [0.2, 0.25) is 5.91 Å². The minimum absolute atomic E-state index is 0.0592. The summed E-state index contributed by atoms with van der Waals surface area (Å²) in [4.78, 5) is 25.4. The van der Waals surface area contributed by atoms with Crippen LogP contribution in [0.5, 0.6) is 0 Å². The number of likely N-dealkylation sites (N-methyl/N-ethyl adjacent to an activating group) is 1. The summed E-state index contributed by atoms with van der Waals surface area (Å²) >= 11 is 0. The second-order valence-corrected chi connectivity index (χ2v) is 5.62. The van der Waals surface area contributed by atoms with E-state index in [0.717, 1.165) is 12.1 Å². The van der Waals surface area contributed by atoms with Crippen molar-refractivity contribution in [3.8, 4) is 11.5 Å². The number of hydrogen-bond acceptors (Lipinski definition) is 5. The normalized spacial score (nSPS) is 12.0. The topological polar surface area (TPSA) is 79.8 Å². The van der Waals surface area contributed by atoms with Gasteiger partial charge in [0, 0.05) is 25.0 Å². The quantitative estimate of drug-likeness (QED) is 0.855. The summed E-state index contributed by atoms with van der Waals surface area (Å²) in [6.45, 7) is 6.02. The molecule has 23 heavy (non-hydrogen) atoms. The van der Waals surface area contributed by atoms with E-state index in [4.69, 9.17) is 0 Å². The SMILES string of the molecule is CCc1cc(NC(C(=O)NC)C(C)C)nc(-c2ccccn2)n1. The van der Waals surface area contributed by atoms with Crippen molar-refractivity contribution in [2.24, 2.45) is 5.92 Å². The lowest BCUT2D eigenvalue weighted by Crippen LogP contribution is -2.41. The van der Waals surface area contributed by atoms with Crippen molar-refractivity contribution in [2.75, 3.05) is 12.4 Å². The number of nitrogens with zero attached hydrogens (tertiary/aromatic N) is 3. The molecule has 122 valence electrons. The predicted octanol–water partition coefficient (Wildman–Crippen LogP) is 2.28. The molecule has 0 aromatic carbocycles. The van der Waals surface area contributed by atoms with Crippen LogP contribution in [0, 0.1) is 5.92 Å². The minimum Gasteiger partial charge on any atom is -0.358 e. The number of anilines is 1. The van der Waals surface area contributed by atoms with E-state index in [1.54, 1.807) is 13.2 Å². The van der Waals surface area contributed by atoms with Crippen LogP contribution in [0.15, 0.2) is 30.5 Å². The summed E-state index contributed by atoms with van der Waals surface area (Å²) in [5, 5.41) is 5.91. The van der Waals surface area contributed by atoms with Gasteiger partial charge in [-0.3, -0.25) is 9.78 Å². The molecule has 2 rings (SSSR count). The summed E-state index contributed by atoms with van der Waals surface area (Å²) in [7, 11) is 1.64. The first kappa shape index (κ1) is 16.9. The smallest absolute Gasteiger partial charge is 0.242 e. The Morgan fingerprint density at radius 1 is 1.26 bits per heavy atom. The summed E-state index contributed by atoms with van der Waals surface area (Å²) in [5.41, 5.74) is 1.62. The molecule has 2 heterocycles. The molecule has 2 aromatic heterocycles. The van der Waals surface area contributed by atoms with E-state index in [-0.39, 0.29) is 17.9 Å². The lowest BCUT2D eigenvalue weighted by atomic mass is 10.0. The van der Waals surface area contributed by atoms with Crippen molar-refractivity contribution in [1.29, 1.82) is 0 Å². The molecule has 2 aromatic rings. The van der Waals surface area contributed by atoms with E-state index >= 15 is 0 Å². The van der Waals surface area contributed by atoms with E-state index in [1.807, 2.05) is 45.0 Å². The number of carbonyl (C=O) groups excluding carboxylic acids is 1. The lowest BCUT2D eigenvalue weighted by molar-refractivity contribution is -0.122. The zero-order valence-corrected chi connectivity index (χ0v) is 14.0. The number of nitrogens with one attached hydrogen (secondary N) is 2. The fraction of sp³-hybridized carbons (Fsp3) is 0.412. The second-order valence-electron chi connectivity index (χ2n) is 5.62. The van der Waals surface area contributed by atoms with Gasteiger partial charge in [0.1, 0.15) is 17.6 Å². The zero-order valence-electron chi connectivity index (χ0n) is 14.0. The Bertz CT molecular complexity index is 657. The number of aryl methyl sites for hydroxylation is 1. The molecule has 0 bridgehead atoms. The standard InChI is InChI=1S/C17H23N5O/c1-5-12-10-14(21-15(11(2)3)17(23)18-4)22-16(20-12)13-8-6-7-9-19-13/h6-11,15H,5H2,1-4H3,(H,18,23)(H,20,21,22). The molecule has 0 radical (unpaired) electrons. The average molecular weight is 313 g/mol. The van der Waals surface area contributed by atoms with Crippen LogP contribution in [0.3, 0.4) is 0 Å². The van der Waals surface area contributed by atoms with Gasteiger partial charge in [0.25, 0.3) is 0 Å². The van der Waals surface area contributed by atoms with Gasteiger partial charge in [0.15, 0.2) is 5.82 Å². The Morgan fingerprint density at radius 3 is 2.61 bits per heavy atom. The first-order valence-corrected chi connectivity index (χ1v) is 7.82. The van der Waals surface area contributed by atoms with Gasteiger partial charge < -0.3 is 10.6 Å². The maximum absolute atomic E-state index is 12.0. The molecule has 0 aliphatic rings. The third kappa shape index (κ3) is 4.25. The van der Waals surface area contributed by atoms with Crippen LogP contribution in [0.4, 0.5) is 5.82 Å². The van der Waals surface area contributed by atoms with Crippen molar-refractivity contribution in [2.45, 2.75) is 33.2 Å². The molecule has 0 saturated carbocycles. The van der Waals surface area contributed by atoms with Crippen molar-refractivity contribution in [3.63, 3.8) is 0 Å². The van der Waals surface area contributed by atoms with E-state index in [9.17, 15) is 4.79 Å². The van der Waals surface area contributed by atoms with Gasteiger partial charge in [-0.05, 0) is 24.5 Å². The largest absolute Gasteiger partial charge is 0.358 e. The van der Waals surface area contributed by atoms with Crippen LogP contribution >= 0.6 is 0 Å². The van der Waals surface area contributed by atoms with Crippen molar-refractivity contribution in [1.82, 2.24) is 20.3 Å². The Balaban J connectivity index is 2.36. The van der Waals surface area contributed by atoms with Crippen LogP contribution in [0.25, 0.3) is 11.5 Å². The first-order valence-electron chi connectivity index (χ1n) is 7.82. The molecule has 1 unspecified atom stereocenters. The Hall–Kier alpha value is -2.50. The van der Waals surface area contributed by atoms with Crippen LogP contribution in [-0.2, 0) is 11.2 Å². The van der Waals surface area contributed by atoms with Gasteiger partial charge in [-0.2, -0.15) is 0 Å². The zero-order chi connectivity index (χ0) is 16.8. The average Bonchev–Trinajstić information content (AvgIpc) is 2.59. The molecular formula is C17H23N5O. The number of hydrogen-bond donors (Lipinski definition) is 2. The van der Waals surface area contributed by atoms with Crippen LogP contribution < -0.4 is 10.6 Å². The summed E-state index contributed by atoms with van der Waals surface area (Å²) in [6.07, 6.45) is 2.50. The molecular weight excluding hydrogens is 290 g/mol. The molecule has 0 aliphatic carbocycles. The fourth-order valence-electron chi connectivity index (χ4n) is 2.21. The Morgan fingerprint density at radius 2 is 2.04 bits per heavy atom. The first-order chi connectivity index (χ1) is 11.0. The highest BCUT2D eigenvalue weighted by Gasteiger charge is 2.22. The number of rotatable bonds is 6. The van der Waals surface area contributed by atoms with Crippen LogP contribution in [0.2, 0.25) is 0 Å². The van der Waals surface area contributed by atoms with Gasteiger partial charge in [-0.25, -0.2) is 9.97 Å². The van der Waals surface area contributed by atoms with Crippen molar-refractivity contribution < 1.29 is 4.79 Å². The maximum Gasteiger partial charge on any atom is 0.242 e. The van der Waals surface area contributed by atoms with E-state index < -0.39 is 0 Å². The molecule has 0 fully saturated rings. The number of amides is 1. The minimum atomic E-state index is -0.351. The molecule has 1 atom stereocenters. The number of carbonyl (C=O) groups is 1. The van der Waals surface area contributed by atoms with Gasteiger partial charge >= 0.3 is 0 Å². The van der Waals surface area contributed by atoms with Gasteiger partial charge in [0.05, 0.1) is 0 Å². The van der Waals surface area contributed by atoms with E-state index in [0.29, 0.717) is 17.3 Å². The molecule has 2 N–H and O–H groups in total. The van der Waals surface area contributed by atoms with Gasteiger partial charge in [-0.1, -0.05) is 26.8 Å². The molecule has 0 saturated heterocycles. The molecule has 1 amide bonds. The Kier molecular flexibility index (Phi) is 5.62. The lowest BCUT2D eigenvalue weighted by Gasteiger charge is -2.21. The highest BCUT2D eigenvalue weighted by molar-refractivity contribution is 5.84. The van der Waals surface area contributed by atoms with E-state index in [1.165, 1.54) is 0 Å².